The van der Waals surface area contributed by atoms with E-state index in [9.17, 15) is 0 Å². The van der Waals surface area contributed by atoms with Gasteiger partial charge in [-0.05, 0) is 33.2 Å². The van der Waals surface area contributed by atoms with Gasteiger partial charge in [-0.1, -0.05) is 46.0 Å². The molecule has 0 N–H and O–H groups in total. The van der Waals surface area contributed by atoms with Crippen molar-refractivity contribution < 1.29 is 0 Å². The first-order valence-electron chi connectivity index (χ1n) is 8.57. The van der Waals surface area contributed by atoms with E-state index in [0.29, 0.717) is 5.54 Å². The second-order valence-electron chi connectivity index (χ2n) is 7.19. The minimum absolute atomic E-state index is 0.478. The van der Waals surface area contributed by atoms with Crippen LogP contribution in [0.25, 0.3) is 0 Å². The molecule has 0 aliphatic carbocycles. The molecule has 0 saturated carbocycles. The summed E-state index contributed by atoms with van der Waals surface area (Å²) in [6, 6.07) is 1.69. The summed E-state index contributed by atoms with van der Waals surface area (Å²) in [4.78, 5) is 5.47. The first-order valence-corrected chi connectivity index (χ1v) is 8.57. The molecule has 0 aromatic heterocycles. The van der Waals surface area contributed by atoms with Crippen LogP contribution in [-0.2, 0) is 0 Å². The molecule has 2 bridgehead atoms. The van der Waals surface area contributed by atoms with Crippen LogP contribution in [0.2, 0.25) is 0 Å². The maximum absolute atomic E-state index is 2.89. The molecule has 112 valence electrons. The number of likely N-dealkylation sites (tertiary alicyclic amines) is 2. The molecule has 2 aliphatic heterocycles. The number of likely N-dealkylation sites (N-methyl/N-ethyl adjacent to an activating group) is 1. The first kappa shape index (κ1) is 15.3. The van der Waals surface area contributed by atoms with E-state index in [4.69, 9.17) is 0 Å². The Labute approximate surface area is 120 Å². The summed E-state index contributed by atoms with van der Waals surface area (Å²) in [6.07, 6.45) is 11.1. The lowest BCUT2D eigenvalue weighted by Gasteiger charge is -2.46. The van der Waals surface area contributed by atoms with Gasteiger partial charge in [0.05, 0.1) is 0 Å². The van der Waals surface area contributed by atoms with Crippen LogP contribution in [0.15, 0.2) is 0 Å². The number of hydrogen-bond acceptors (Lipinski definition) is 2. The average Bonchev–Trinajstić information content (AvgIpc) is 2.96. The topological polar surface area (TPSA) is 6.48 Å². The highest BCUT2D eigenvalue weighted by atomic mass is 15.4. The second kappa shape index (κ2) is 6.58. The van der Waals surface area contributed by atoms with E-state index in [-0.39, 0.29) is 0 Å². The monoisotopic (exact) mass is 266 g/mol. The molecule has 0 aromatic carbocycles. The lowest BCUT2D eigenvalue weighted by molar-refractivity contribution is 0.0300. The van der Waals surface area contributed by atoms with Crippen molar-refractivity contribution in [3.63, 3.8) is 0 Å². The van der Waals surface area contributed by atoms with Crippen LogP contribution >= 0.6 is 0 Å². The van der Waals surface area contributed by atoms with Crippen molar-refractivity contribution in [1.29, 1.82) is 0 Å². The maximum atomic E-state index is 2.89. The maximum Gasteiger partial charge on any atom is 0.0244 e. The normalized spacial score (nSPS) is 30.9. The summed E-state index contributed by atoms with van der Waals surface area (Å²) < 4.78 is 0. The number of piperazine rings is 1. The minimum Gasteiger partial charge on any atom is -0.301 e. The summed E-state index contributed by atoms with van der Waals surface area (Å²) in [5.41, 5.74) is 0.478. The van der Waals surface area contributed by atoms with Crippen LogP contribution < -0.4 is 0 Å². The van der Waals surface area contributed by atoms with Crippen molar-refractivity contribution in [3.05, 3.63) is 0 Å². The molecular formula is C17H34N2. The molecule has 1 unspecified atom stereocenters. The molecule has 19 heavy (non-hydrogen) atoms. The largest absolute Gasteiger partial charge is 0.301 e. The zero-order valence-corrected chi connectivity index (χ0v) is 13.6. The Morgan fingerprint density at radius 3 is 2.16 bits per heavy atom. The lowest BCUT2D eigenvalue weighted by atomic mass is 9.86. The van der Waals surface area contributed by atoms with E-state index in [0.717, 1.165) is 12.1 Å². The van der Waals surface area contributed by atoms with Gasteiger partial charge in [0.2, 0.25) is 0 Å². The third-order valence-electron chi connectivity index (χ3n) is 5.60. The summed E-state index contributed by atoms with van der Waals surface area (Å²) in [7, 11) is 2.31. The van der Waals surface area contributed by atoms with Crippen LogP contribution in [0.1, 0.15) is 72.1 Å². The Hall–Kier alpha value is -0.0800. The Balaban J connectivity index is 1.97. The van der Waals surface area contributed by atoms with Crippen molar-refractivity contribution >= 4 is 0 Å². The molecule has 0 amide bonds. The lowest BCUT2D eigenvalue weighted by Crippen LogP contribution is -2.55. The Kier molecular flexibility index (Phi) is 5.30. The van der Waals surface area contributed by atoms with Gasteiger partial charge < -0.3 is 4.90 Å². The molecule has 2 saturated heterocycles. The average molecular weight is 266 g/mol. The van der Waals surface area contributed by atoms with Gasteiger partial charge in [-0.2, -0.15) is 0 Å². The van der Waals surface area contributed by atoms with Gasteiger partial charge in [-0.3, -0.25) is 4.90 Å². The molecule has 3 atom stereocenters. The number of fused-ring (bicyclic) bond motifs is 2. The number of unbranched alkanes of at least 4 members (excludes halogenated alkanes) is 3. The smallest absolute Gasteiger partial charge is 0.0244 e. The summed E-state index contributed by atoms with van der Waals surface area (Å²) in [5, 5.41) is 0. The molecule has 0 spiro atoms. The Morgan fingerprint density at radius 1 is 0.947 bits per heavy atom. The summed E-state index contributed by atoms with van der Waals surface area (Å²) >= 11 is 0. The molecule has 0 radical (unpaired) electrons. The predicted octanol–water partition coefficient (Wildman–Crippen LogP) is 3.90. The van der Waals surface area contributed by atoms with Crippen LogP contribution in [-0.4, -0.2) is 47.6 Å². The number of rotatable bonds is 8. The van der Waals surface area contributed by atoms with Crippen molar-refractivity contribution in [3.8, 4) is 0 Å². The van der Waals surface area contributed by atoms with Crippen molar-refractivity contribution in [2.75, 3.05) is 20.1 Å². The van der Waals surface area contributed by atoms with Gasteiger partial charge >= 0.3 is 0 Å². The van der Waals surface area contributed by atoms with Gasteiger partial charge in [-0.25, -0.2) is 0 Å². The molecular weight excluding hydrogens is 232 g/mol. The number of nitrogens with zero attached hydrogens (tertiary/aromatic N) is 2. The van der Waals surface area contributed by atoms with Gasteiger partial charge in [0.15, 0.2) is 0 Å². The SMILES string of the molecule is CCCCCC(C)(CCCC)N1C[C@@H]2C[C@H]1CN2C. The first-order chi connectivity index (χ1) is 9.10. The van der Waals surface area contributed by atoms with Gasteiger partial charge in [0.1, 0.15) is 0 Å². The van der Waals surface area contributed by atoms with Gasteiger partial charge in [0, 0.05) is 30.7 Å². The highest BCUT2D eigenvalue weighted by molar-refractivity contribution is 5.04. The van der Waals surface area contributed by atoms with Gasteiger partial charge in [-0.15, -0.1) is 0 Å². The fourth-order valence-electron chi connectivity index (χ4n) is 4.25. The van der Waals surface area contributed by atoms with E-state index in [2.05, 4.69) is 37.6 Å². The van der Waals surface area contributed by atoms with Crippen LogP contribution in [0.3, 0.4) is 0 Å². The number of hydrogen-bond donors (Lipinski definition) is 0. The minimum atomic E-state index is 0.478. The van der Waals surface area contributed by atoms with E-state index in [1.54, 1.807) is 0 Å². The Morgan fingerprint density at radius 2 is 1.63 bits per heavy atom. The summed E-state index contributed by atoms with van der Waals surface area (Å²) in [6.45, 7) is 9.83. The molecule has 2 rings (SSSR count). The van der Waals surface area contributed by atoms with E-state index >= 15 is 0 Å². The van der Waals surface area contributed by atoms with E-state index < -0.39 is 0 Å². The Bertz CT molecular complexity index is 276. The molecule has 2 aliphatic rings. The summed E-state index contributed by atoms with van der Waals surface area (Å²) in [5.74, 6) is 0. The molecule has 0 aromatic rings. The highest BCUT2D eigenvalue weighted by Crippen LogP contribution is 2.39. The third-order valence-corrected chi connectivity index (χ3v) is 5.60. The van der Waals surface area contributed by atoms with Crippen molar-refractivity contribution in [1.82, 2.24) is 9.80 Å². The van der Waals surface area contributed by atoms with Crippen LogP contribution in [0, 0.1) is 0 Å². The second-order valence-corrected chi connectivity index (χ2v) is 7.19. The van der Waals surface area contributed by atoms with E-state index in [1.165, 1.54) is 64.5 Å². The zero-order chi connectivity index (χ0) is 13.9. The molecule has 2 nitrogen and oxygen atoms in total. The molecule has 2 heteroatoms. The fraction of sp³-hybridized carbons (Fsp3) is 1.00. The van der Waals surface area contributed by atoms with Crippen LogP contribution in [0.4, 0.5) is 0 Å². The van der Waals surface area contributed by atoms with Crippen LogP contribution in [0.5, 0.6) is 0 Å². The highest BCUT2D eigenvalue weighted by Gasteiger charge is 2.47. The molecule has 2 fully saturated rings. The fourth-order valence-corrected chi connectivity index (χ4v) is 4.25. The predicted molar refractivity (Wildman–Crippen MR) is 83.6 cm³/mol. The van der Waals surface area contributed by atoms with Gasteiger partial charge in [0.25, 0.3) is 0 Å². The zero-order valence-electron chi connectivity index (χ0n) is 13.6. The quantitative estimate of drug-likeness (QED) is 0.615. The molecule has 2 heterocycles. The standard InChI is InChI=1S/C17H34N2/c1-5-7-9-11-17(3,10-8-6-2)19-14-15-12-16(19)13-18(15)4/h15-16H,5-14H2,1-4H3/t15-,16-,17?/m0/s1. The van der Waals surface area contributed by atoms with Crippen molar-refractivity contribution in [2.24, 2.45) is 0 Å². The third kappa shape index (κ3) is 3.33. The van der Waals surface area contributed by atoms with E-state index in [1.807, 2.05) is 0 Å². The van der Waals surface area contributed by atoms with Crippen molar-refractivity contribution in [2.45, 2.75) is 89.8 Å².